The van der Waals surface area contributed by atoms with E-state index in [1.54, 1.807) is 0 Å². The Morgan fingerprint density at radius 3 is 2.61 bits per heavy atom. The number of aliphatic hydroxyl groups is 2. The van der Waals surface area contributed by atoms with E-state index in [0.29, 0.717) is 23.5 Å². The van der Waals surface area contributed by atoms with Crippen LogP contribution in [0.4, 0.5) is 5.69 Å². The van der Waals surface area contributed by atoms with E-state index in [-0.39, 0.29) is 0 Å². The average Bonchev–Trinajstić information content (AvgIpc) is 3.23. The van der Waals surface area contributed by atoms with E-state index in [0.717, 1.165) is 35.2 Å². The third-order valence-electron chi connectivity index (χ3n) is 5.70. The molecule has 0 bridgehead atoms. The van der Waals surface area contributed by atoms with Crippen molar-refractivity contribution in [1.29, 1.82) is 0 Å². The monoisotopic (exact) mass is 444 g/mol. The van der Waals surface area contributed by atoms with Crippen molar-refractivity contribution in [3.8, 4) is 0 Å². The smallest absolute Gasteiger partial charge is 0.195 e. The Morgan fingerprint density at radius 2 is 1.89 bits per heavy atom. The van der Waals surface area contributed by atoms with E-state index in [1.165, 1.54) is 0 Å². The zero-order chi connectivity index (χ0) is 19.9. The van der Waals surface area contributed by atoms with Crippen LogP contribution in [0.15, 0.2) is 57.4 Å². The maximum absolute atomic E-state index is 11.8. The Morgan fingerprint density at radius 1 is 1.14 bits per heavy atom. The fourth-order valence-corrected chi connectivity index (χ4v) is 4.73. The summed E-state index contributed by atoms with van der Waals surface area (Å²) in [7, 11) is 0. The first kappa shape index (κ1) is 19.5. The number of anilines is 1. The van der Waals surface area contributed by atoms with Crippen molar-refractivity contribution in [3.63, 3.8) is 0 Å². The van der Waals surface area contributed by atoms with Gasteiger partial charge in [0.05, 0.1) is 0 Å². The highest BCUT2D eigenvalue weighted by Crippen LogP contribution is 2.50. The standard InChI is InChI=1S/C22H25BrN2O3/c1-3-24(4-2)12-13-25-17-10-7-9-16(23)20(17)22(27,21(25)26)19-14-15-8-5-6-11-18(15)28-19/h5-11,14,21,26-27H,3-4,12-13H2,1-2H3. The van der Waals surface area contributed by atoms with E-state index in [4.69, 9.17) is 4.42 Å². The summed E-state index contributed by atoms with van der Waals surface area (Å²) in [6, 6.07) is 15.2. The second-order valence-corrected chi connectivity index (χ2v) is 8.00. The highest BCUT2D eigenvalue weighted by molar-refractivity contribution is 9.10. The predicted octanol–water partition coefficient (Wildman–Crippen LogP) is 3.91. The Bertz CT molecular complexity index is 952. The zero-order valence-electron chi connectivity index (χ0n) is 16.1. The van der Waals surface area contributed by atoms with Crippen molar-refractivity contribution in [2.75, 3.05) is 31.1 Å². The lowest BCUT2D eigenvalue weighted by molar-refractivity contribution is -0.0519. The SMILES string of the molecule is CCN(CC)CCN1c2cccc(Br)c2C(O)(c2cc3ccccc3o2)C1O. The molecule has 28 heavy (non-hydrogen) atoms. The van der Waals surface area contributed by atoms with Gasteiger partial charge in [0, 0.05) is 34.2 Å². The number of halogens is 1. The third kappa shape index (κ3) is 2.95. The van der Waals surface area contributed by atoms with Crippen molar-refractivity contribution in [1.82, 2.24) is 4.90 Å². The van der Waals surface area contributed by atoms with Gasteiger partial charge in [0.2, 0.25) is 0 Å². The number of fused-ring (bicyclic) bond motifs is 2. The van der Waals surface area contributed by atoms with Gasteiger partial charge >= 0.3 is 0 Å². The van der Waals surface area contributed by atoms with Crippen molar-refractivity contribution >= 4 is 32.6 Å². The number of rotatable bonds is 6. The lowest BCUT2D eigenvalue weighted by Crippen LogP contribution is -2.47. The maximum atomic E-state index is 11.8. The molecule has 0 saturated carbocycles. The van der Waals surface area contributed by atoms with Gasteiger partial charge in [0.1, 0.15) is 11.3 Å². The molecule has 0 aliphatic carbocycles. The number of hydrogen-bond donors (Lipinski definition) is 2. The number of para-hydroxylation sites is 1. The quantitative estimate of drug-likeness (QED) is 0.603. The highest BCUT2D eigenvalue weighted by atomic mass is 79.9. The van der Waals surface area contributed by atoms with Crippen molar-refractivity contribution < 1.29 is 14.6 Å². The Hall–Kier alpha value is -1.86. The maximum Gasteiger partial charge on any atom is 0.195 e. The molecule has 6 heteroatoms. The van der Waals surface area contributed by atoms with Gasteiger partial charge in [-0.1, -0.05) is 54.0 Å². The van der Waals surface area contributed by atoms with Crippen LogP contribution in [0.5, 0.6) is 0 Å². The zero-order valence-corrected chi connectivity index (χ0v) is 17.7. The molecule has 2 atom stereocenters. The molecule has 2 N–H and O–H groups in total. The molecule has 2 aromatic carbocycles. The first-order chi connectivity index (χ1) is 13.5. The van der Waals surface area contributed by atoms with Crippen LogP contribution in [0, 0.1) is 0 Å². The molecule has 1 aliphatic rings. The summed E-state index contributed by atoms with van der Waals surface area (Å²) in [6.45, 7) is 7.54. The van der Waals surface area contributed by atoms with E-state index in [1.807, 2.05) is 53.4 Å². The molecule has 5 nitrogen and oxygen atoms in total. The summed E-state index contributed by atoms with van der Waals surface area (Å²) in [6.07, 6.45) is -1.14. The fourth-order valence-electron chi connectivity index (χ4n) is 4.07. The first-order valence-electron chi connectivity index (χ1n) is 9.68. The molecule has 3 aromatic rings. The van der Waals surface area contributed by atoms with Gasteiger partial charge < -0.3 is 24.4 Å². The van der Waals surface area contributed by atoms with Gasteiger partial charge in [-0.25, -0.2) is 0 Å². The molecule has 148 valence electrons. The number of likely N-dealkylation sites (N-methyl/N-ethyl adjacent to an activating group) is 1. The van der Waals surface area contributed by atoms with Crippen LogP contribution in [0.25, 0.3) is 11.0 Å². The summed E-state index contributed by atoms with van der Waals surface area (Å²) >= 11 is 3.58. The minimum Gasteiger partial charge on any atom is -0.457 e. The summed E-state index contributed by atoms with van der Waals surface area (Å²) in [5, 5.41) is 24.0. The Labute approximate surface area is 173 Å². The van der Waals surface area contributed by atoms with E-state index in [9.17, 15) is 10.2 Å². The second kappa shape index (κ2) is 7.52. The van der Waals surface area contributed by atoms with Gasteiger partial charge in [-0.05, 0) is 37.4 Å². The predicted molar refractivity (Wildman–Crippen MR) is 114 cm³/mol. The van der Waals surface area contributed by atoms with Crippen LogP contribution < -0.4 is 4.90 Å². The molecule has 0 spiro atoms. The molecule has 2 unspecified atom stereocenters. The topological polar surface area (TPSA) is 60.1 Å². The summed E-state index contributed by atoms with van der Waals surface area (Å²) in [5.74, 6) is 0.347. The number of benzene rings is 2. The summed E-state index contributed by atoms with van der Waals surface area (Å²) in [5.41, 5.74) is 0.490. The Balaban J connectivity index is 1.79. The Kier molecular flexibility index (Phi) is 5.22. The number of hydrogen-bond acceptors (Lipinski definition) is 5. The number of nitrogens with zero attached hydrogens (tertiary/aromatic N) is 2. The van der Waals surface area contributed by atoms with Crippen LogP contribution in [-0.2, 0) is 5.60 Å². The molecular formula is C22H25BrN2O3. The first-order valence-corrected chi connectivity index (χ1v) is 10.5. The minimum atomic E-state index is -1.66. The van der Waals surface area contributed by atoms with Crippen molar-refractivity contribution in [3.05, 3.63) is 64.3 Å². The molecule has 0 radical (unpaired) electrons. The van der Waals surface area contributed by atoms with Crippen LogP contribution in [0.3, 0.4) is 0 Å². The molecule has 2 heterocycles. The van der Waals surface area contributed by atoms with Crippen LogP contribution in [-0.4, -0.2) is 47.5 Å². The van der Waals surface area contributed by atoms with Crippen LogP contribution in [0.1, 0.15) is 25.2 Å². The average molecular weight is 445 g/mol. The van der Waals surface area contributed by atoms with Crippen LogP contribution >= 0.6 is 15.9 Å². The highest BCUT2D eigenvalue weighted by Gasteiger charge is 2.54. The largest absolute Gasteiger partial charge is 0.457 e. The lowest BCUT2D eigenvalue weighted by Gasteiger charge is -2.31. The van der Waals surface area contributed by atoms with Gasteiger partial charge in [0.15, 0.2) is 11.8 Å². The van der Waals surface area contributed by atoms with Gasteiger partial charge in [-0.3, -0.25) is 0 Å². The number of furan rings is 1. The van der Waals surface area contributed by atoms with Crippen molar-refractivity contribution in [2.45, 2.75) is 25.7 Å². The molecular weight excluding hydrogens is 420 g/mol. The minimum absolute atomic E-state index is 0.347. The van der Waals surface area contributed by atoms with Crippen LogP contribution in [0.2, 0.25) is 0 Å². The second-order valence-electron chi connectivity index (χ2n) is 7.14. The van der Waals surface area contributed by atoms with Gasteiger partial charge in [-0.2, -0.15) is 0 Å². The fraction of sp³-hybridized carbons (Fsp3) is 0.364. The van der Waals surface area contributed by atoms with E-state index >= 15 is 0 Å². The molecule has 0 saturated heterocycles. The molecule has 0 amide bonds. The number of aliphatic hydroxyl groups excluding tert-OH is 1. The van der Waals surface area contributed by atoms with Crippen molar-refractivity contribution in [2.24, 2.45) is 0 Å². The summed E-state index contributed by atoms with van der Waals surface area (Å²) in [4.78, 5) is 4.16. The summed E-state index contributed by atoms with van der Waals surface area (Å²) < 4.78 is 6.73. The molecule has 4 rings (SSSR count). The lowest BCUT2D eigenvalue weighted by atomic mass is 9.91. The normalized spacial score (nSPS) is 21.6. The van der Waals surface area contributed by atoms with E-state index in [2.05, 4.69) is 34.7 Å². The van der Waals surface area contributed by atoms with Gasteiger partial charge in [-0.15, -0.1) is 0 Å². The molecule has 0 fully saturated rings. The molecule has 1 aromatic heterocycles. The molecule has 1 aliphatic heterocycles. The third-order valence-corrected chi connectivity index (χ3v) is 6.36. The van der Waals surface area contributed by atoms with Gasteiger partial charge in [0.25, 0.3) is 0 Å². The van der Waals surface area contributed by atoms with E-state index < -0.39 is 11.8 Å².